The summed E-state index contributed by atoms with van der Waals surface area (Å²) in [5.74, 6) is 0.967. The van der Waals surface area contributed by atoms with E-state index in [0.29, 0.717) is 49.1 Å². The van der Waals surface area contributed by atoms with Crippen molar-refractivity contribution < 1.29 is 41.7 Å². The Labute approximate surface area is 231 Å². The Morgan fingerprint density at radius 1 is 0.950 bits per heavy atom. The fourth-order valence-corrected chi connectivity index (χ4v) is 6.16. The van der Waals surface area contributed by atoms with Crippen LogP contribution in [0.3, 0.4) is 0 Å². The molecule has 12 heteroatoms. The van der Waals surface area contributed by atoms with Crippen molar-refractivity contribution in [2.45, 2.75) is 17.5 Å². The van der Waals surface area contributed by atoms with Gasteiger partial charge in [-0.25, -0.2) is 17.6 Å². The largest absolute Gasteiger partial charge is 0.507 e. The molecule has 0 bridgehead atoms. The molecule has 0 amide bonds. The van der Waals surface area contributed by atoms with E-state index in [4.69, 9.17) is 18.9 Å². The van der Waals surface area contributed by atoms with Crippen LogP contribution in [-0.2, 0) is 25.9 Å². The number of morpholine rings is 1. The van der Waals surface area contributed by atoms with E-state index in [0.717, 1.165) is 29.5 Å². The van der Waals surface area contributed by atoms with E-state index in [9.17, 15) is 22.7 Å². The van der Waals surface area contributed by atoms with Gasteiger partial charge in [-0.1, -0.05) is 0 Å². The molecule has 1 atom stereocenters. The molecule has 2 heterocycles. The third-order valence-corrected chi connectivity index (χ3v) is 8.58. The predicted molar refractivity (Wildman–Crippen MR) is 142 cm³/mol. The summed E-state index contributed by atoms with van der Waals surface area (Å²) < 4.78 is 63.4. The van der Waals surface area contributed by atoms with Gasteiger partial charge in [0.15, 0.2) is 6.23 Å². The molecule has 3 aromatic rings. The van der Waals surface area contributed by atoms with Gasteiger partial charge in [-0.3, -0.25) is 4.90 Å². The van der Waals surface area contributed by atoms with Gasteiger partial charge in [0.25, 0.3) is 0 Å². The number of ether oxygens (including phenoxy) is 4. The third kappa shape index (κ3) is 6.53. The molecule has 0 spiro atoms. The third-order valence-electron chi connectivity index (χ3n) is 6.72. The van der Waals surface area contributed by atoms with Crippen molar-refractivity contribution in [3.63, 3.8) is 0 Å². The lowest BCUT2D eigenvalue weighted by Crippen LogP contribution is -2.41. The summed E-state index contributed by atoms with van der Waals surface area (Å²) in [6.07, 6.45) is -2.60. The zero-order valence-corrected chi connectivity index (χ0v) is 22.4. The molecular formula is C28H29FN2O8S. The van der Waals surface area contributed by atoms with Gasteiger partial charge in [0, 0.05) is 31.7 Å². The number of hydrogen-bond donors (Lipinski definition) is 1. The molecule has 1 N–H and O–H groups in total. The molecule has 10 nitrogen and oxygen atoms in total. The highest BCUT2D eigenvalue weighted by Crippen LogP contribution is 2.37. The number of sulfonamides is 1. The van der Waals surface area contributed by atoms with Crippen LogP contribution >= 0.6 is 0 Å². The number of carbonyl (C=O) groups is 1. The molecule has 1 saturated heterocycles. The van der Waals surface area contributed by atoms with E-state index < -0.39 is 28.2 Å². The number of carboxylic acid groups (broad SMARTS) is 1. The standard InChI is InChI=1S/C28H29FN2O8S/c29-21-1-3-22(4-2-21)38-23-5-8-25(9-6-23)40(34,35)31-12-11-20-19-24(7-10-26(20)27(31)39-28(32)33)37-18-15-30-13-16-36-17-14-30/h1-10,19,27H,11-18H2,(H,32,33). The van der Waals surface area contributed by atoms with Crippen LogP contribution in [0.5, 0.6) is 17.2 Å². The smallest absolute Gasteiger partial charge is 0.492 e. The van der Waals surface area contributed by atoms with Crippen molar-refractivity contribution in [2.75, 3.05) is 46.0 Å². The molecule has 212 valence electrons. The van der Waals surface area contributed by atoms with Crippen LogP contribution in [-0.4, -0.2) is 74.9 Å². The normalized spacial score (nSPS) is 18.1. The van der Waals surface area contributed by atoms with Gasteiger partial charge in [0.2, 0.25) is 10.0 Å². The SMILES string of the molecule is O=C(O)OC1c2ccc(OCCN3CCOCC3)cc2CCN1S(=O)(=O)c1ccc(Oc2ccc(F)cc2)cc1. The molecule has 1 fully saturated rings. The predicted octanol–water partition coefficient (Wildman–Crippen LogP) is 4.27. The molecule has 2 aliphatic rings. The Bertz CT molecular complexity index is 1430. The highest BCUT2D eigenvalue weighted by Gasteiger charge is 2.39. The van der Waals surface area contributed by atoms with E-state index in [1.54, 1.807) is 18.2 Å². The summed E-state index contributed by atoms with van der Waals surface area (Å²) >= 11 is 0. The van der Waals surface area contributed by atoms with Crippen LogP contribution in [0.2, 0.25) is 0 Å². The molecule has 0 aliphatic carbocycles. The summed E-state index contributed by atoms with van der Waals surface area (Å²) in [4.78, 5) is 13.8. The van der Waals surface area contributed by atoms with E-state index in [1.807, 2.05) is 0 Å². The van der Waals surface area contributed by atoms with Crippen molar-refractivity contribution in [3.05, 3.63) is 83.7 Å². The highest BCUT2D eigenvalue weighted by molar-refractivity contribution is 7.89. The lowest BCUT2D eigenvalue weighted by molar-refractivity contribution is -0.00579. The Kier molecular flexibility index (Phi) is 8.50. The van der Waals surface area contributed by atoms with E-state index in [2.05, 4.69) is 4.90 Å². The van der Waals surface area contributed by atoms with Gasteiger partial charge in [-0.2, -0.15) is 4.31 Å². The van der Waals surface area contributed by atoms with Crippen LogP contribution in [0, 0.1) is 5.82 Å². The maximum atomic E-state index is 13.6. The molecule has 40 heavy (non-hydrogen) atoms. The van der Waals surface area contributed by atoms with Gasteiger partial charge in [-0.05, 0) is 78.7 Å². The Hall–Kier alpha value is -3.71. The minimum absolute atomic E-state index is 0.0122. The molecule has 1 unspecified atom stereocenters. The summed E-state index contributed by atoms with van der Waals surface area (Å²) in [5, 5.41) is 9.41. The maximum absolute atomic E-state index is 13.6. The van der Waals surface area contributed by atoms with E-state index >= 15 is 0 Å². The lowest BCUT2D eigenvalue weighted by atomic mass is 9.99. The van der Waals surface area contributed by atoms with Gasteiger partial charge in [0.1, 0.15) is 29.7 Å². The Morgan fingerprint density at radius 3 is 2.27 bits per heavy atom. The Morgan fingerprint density at radius 2 is 1.60 bits per heavy atom. The summed E-state index contributed by atoms with van der Waals surface area (Å²) in [5.41, 5.74) is 1.19. The minimum atomic E-state index is -4.14. The Balaban J connectivity index is 1.30. The summed E-state index contributed by atoms with van der Waals surface area (Å²) in [6.45, 7) is 4.37. The summed E-state index contributed by atoms with van der Waals surface area (Å²) in [7, 11) is -4.14. The fraction of sp³-hybridized carbons (Fsp3) is 0.321. The number of fused-ring (bicyclic) bond motifs is 1. The van der Waals surface area contributed by atoms with Crippen molar-refractivity contribution in [1.29, 1.82) is 0 Å². The van der Waals surface area contributed by atoms with Gasteiger partial charge >= 0.3 is 6.16 Å². The summed E-state index contributed by atoms with van der Waals surface area (Å²) in [6, 6.07) is 16.3. The van der Waals surface area contributed by atoms with Gasteiger partial charge in [-0.15, -0.1) is 0 Å². The molecule has 5 rings (SSSR count). The van der Waals surface area contributed by atoms with Crippen molar-refractivity contribution in [2.24, 2.45) is 0 Å². The zero-order valence-electron chi connectivity index (χ0n) is 21.6. The average molecular weight is 573 g/mol. The number of hydrogen-bond acceptors (Lipinski definition) is 8. The number of benzene rings is 3. The van der Waals surface area contributed by atoms with E-state index in [1.165, 1.54) is 48.5 Å². The fourth-order valence-electron chi connectivity index (χ4n) is 4.67. The van der Waals surface area contributed by atoms with E-state index in [-0.39, 0.29) is 11.4 Å². The van der Waals surface area contributed by atoms with Crippen LogP contribution < -0.4 is 9.47 Å². The first-order chi connectivity index (χ1) is 19.3. The second kappa shape index (κ2) is 12.2. The second-order valence-electron chi connectivity index (χ2n) is 9.29. The number of halogens is 1. The minimum Gasteiger partial charge on any atom is -0.492 e. The van der Waals surface area contributed by atoms with Gasteiger partial charge in [0.05, 0.1) is 18.1 Å². The van der Waals surface area contributed by atoms with Gasteiger partial charge < -0.3 is 24.1 Å². The first-order valence-electron chi connectivity index (χ1n) is 12.8. The molecule has 2 aliphatic heterocycles. The maximum Gasteiger partial charge on any atom is 0.507 e. The molecule has 0 aromatic heterocycles. The average Bonchev–Trinajstić information content (AvgIpc) is 2.95. The van der Waals surface area contributed by atoms with Crippen LogP contribution in [0.4, 0.5) is 9.18 Å². The van der Waals surface area contributed by atoms with Crippen LogP contribution in [0.25, 0.3) is 0 Å². The first kappa shape index (κ1) is 27.8. The second-order valence-corrected chi connectivity index (χ2v) is 11.2. The first-order valence-corrected chi connectivity index (χ1v) is 14.2. The van der Waals surface area contributed by atoms with Crippen molar-refractivity contribution in [3.8, 4) is 17.2 Å². The van der Waals surface area contributed by atoms with Crippen molar-refractivity contribution in [1.82, 2.24) is 9.21 Å². The lowest BCUT2D eigenvalue weighted by Gasteiger charge is -2.35. The number of nitrogens with zero attached hydrogens (tertiary/aromatic N) is 2. The van der Waals surface area contributed by atoms with Crippen LogP contribution in [0.1, 0.15) is 17.4 Å². The number of rotatable bonds is 9. The van der Waals surface area contributed by atoms with Crippen molar-refractivity contribution >= 4 is 16.2 Å². The molecule has 0 radical (unpaired) electrons. The highest BCUT2D eigenvalue weighted by atomic mass is 32.2. The topological polar surface area (TPSA) is 115 Å². The molecule has 3 aromatic carbocycles. The molecule has 0 saturated carbocycles. The van der Waals surface area contributed by atoms with Crippen LogP contribution in [0.15, 0.2) is 71.6 Å². The quantitative estimate of drug-likeness (QED) is 0.376. The monoisotopic (exact) mass is 572 g/mol. The molecular weight excluding hydrogens is 543 g/mol. The zero-order chi connectivity index (χ0) is 28.1.